The van der Waals surface area contributed by atoms with Crippen LogP contribution < -0.4 is 0 Å². The standard InChI is InChI=1S/C29H50O/c1-7-21(19(2)3)9-8-20(4)25-12-13-26-24-11-10-22-18-23(30)14-16-28(22,5)27(24)15-17-29(25,26)6/h10,19-21,23-27,30H,7-9,11-18H2,1-6H3/t20-,21-,23-,24+,25+,26+,27+,28+,29-/m1/s1. The van der Waals surface area contributed by atoms with Gasteiger partial charge in [-0.2, -0.15) is 0 Å². The van der Waals surface area contributed by atoms with E-state index in [0.717, 1.165) is 54.3 Å². The minimum Gasteiger partial charge on any atom is -0.393 e. The summed E-state index contributed by atoms with van der Waals surface area (Å²) in [6.07, 6.45) is 17.1. The van der Waals surface area contributed by atoms with Crippen molar-refractivity contribution in [2.24, 2.45) is 52.3 Å². The fourth-order valence-corrected chi connectivity index (χ4v) is 9.30. The summed E-state index contributed by atoms with van der Waals surface area (Å²) >= 11 is 0. The summed E-state index contributed by atoms with van der Waals surface area (Å²) in [6.45, 7) is 15.1. The lowest BCUT2D eigenvalue weighted by atomic mass is 9.47. The largest absolute Gasteiger partial charge is 0.393 e. The third-order valence-corrected chi connectivity index (χ3v) is 11.3. The third kappa shape index (κ3) is 3.74. The number of aliphatic hydroxyl groups is 1. The molecule has 172 valence electrons. The molecule has 0 bridgehead atoms. The lowest BCUT2D eigenvalue weighted by Gasteiger charge is -2.58. The topological polar surface area (TPSA) is 20.2 Å². The van der Waals surface area contributed by atoms with E-state index in [4.69, 9.17) is 0 Å². The molecule has 0 amide bonds. The number of rotatable bonds is 6. The van der Waals surface area contributed by atoms with Gasteiger partial charge in [0.2, 0.25) is 0 Å². The van der Waals surface area contributed by atoms with Crippen LogP contribution in [0.15, 0.2) is 11.6 Å². The van der Waals surface area contributed by atoms with Crippen LogP contribution in [0.4, 0.5) is 0 Å². The van der Waals surface area contributed by atoms with E-state index in [1.807, 2.05) is 0 Å². The number of fused-ring (bicyclic) bond motifs is 5. The Morgan fingerprint density at radius 2 is 1.77 bits per heavy atom. The predicted octanol–water partition coefficient (Wildman–Crippen LogP) is 8.02. The maximum Gasteiger partial charge on any atom is 0.0577 e. The molecule has 0 aromatic carbocycles. The maximum absolute atomic E-state index is 10.2. The van der Waals surface area contributed by atoms with Crippen molar-refractivity contribution in [2.45, 2.75) is 118 Å². The molecular formula is C29H50O. The summed E-state index contributed by atoms with van der Waals surface area (Å²) in [5.41, 5.74) is 2.59. The summed E-state index contributed by atoms with van der Waals surface area (Å²) in [5.74, 6) is 6.31. The van der Waals surface area contributed by atoms with E-state index in [0.29, 0.717) is 10.8 Å². The van der Waals surface area contributed by atoms with Crippen LogP contribution >= 0.6 is 0 Å². The lowest BCUT2D eigenvalue weighted by molar-refractivity contribution is -0.0575. The van der Waals surface area contributed by atoms with Gasteiger partial charge in [-0.1, -0.05) is 66.0 Å². The average Bonchev–Trinajstić information content (AvgIpc) is 3.06. The molecule has 9 atom stereocenters. The van der Waals surface area contributed by atoms with Crippen molar-refractivity contribution in [1.82, 2.24) is 0 Å². The van der Waals surface area contributed by atoms with Gasteiger partial charge in [0.1, 0.15) is 0 Å². The van der Waals surface area contributed by atoms with Crippen molar-refractivity contribution >= 4 is 0 Å². The maximum atomic E-state index is 10.2. The van der Waals surface area contributed by atoms with E-state index < -0.39 is 0 Å². The smallest absolute Gasteiger partial charge is 0.0577 e. The summed E-state index contributed by atoms with van der Waals surface area (Å²) in [4.78, 5) is 0. The van der Waals surface area contributed by atoms with Gasteiger partial charge < -0.3 is 5.11 Å². The first kappa shape index (κ1) is 22.9. The fraction of sp³-hybridized carbons (Fsp3) is 0.931. The van der Waals surface area contributed by atoms with Gasteiger partial charge in [0, 0.05) is 0 Å². The number of hydrogen-bond donors (Lipinski definition) is 1. The molecule has 0 aromatic heterocycles. The first-order valence-corrected chi connectivity index (χ1v) is 13.6. The van der Waals surface area contributed by atoms with Crippen molar-refractivity contribution < 1.29 is 5.11 Å². The zero-order valence-corrected chi connectivity index (χ0v) is 20.9. The number of hydrogen-bond acceptors (Lipinski definition) is 1. The van der Waals surface area contributed by atoms with Crippen LogP contribution in [0.3, 0.4) is 0 Å². The Kier molecular flexibility index (Phi) is 6.53. The van der Waals surface area contributed by atoms with E-state index >= 15 is 0 Å². The molecule has 0 spiro atoms. The van der Waals surface area contributed by atoms with E-state index in [2.05, 4.69) is 47.6 Å². The van der Waals surface area contributed by atoms with Crippen LogP contribution in [-0.2, 0) is 0 Å². The SMILES string of the molecule is CC[C@H](CC[C@@H](C)[C@@H]1CC[C@H]2[C@@H]3CC=C4C[C@H](O)CC[C@]4(C)[C@H]3CC[C@@]21C)C(C)C. The fourth-order valence-electron chi connectivity index (χ4n) is 9.30. The molecule has 3 fully saturated rings. The molecule has 1 nitrogen and oxygen atoms in total. The number of allylic oxidation sites excluding steroid dienone is 1. The molecule has 0 radical (unpaired) electrons. The van der Waals surface area contributed by atoms with E-state index in [1.54, 1.807) is 5.57 Å². The second kappa shape index (κ2) is 8.57. The van der Waals surface area contributed by atoms with Crippen molar-refractivity contribution in [3.63, 3.8) is 0 Å². The van der Waals surface area contributed by atoms with Gasteiger partial charge in [-0.25, -0.2) is 0 Å². The highest BCUT2D eigenvalue weighted by Gasteiger charge is 2.59. The quantitative estimate of drug-likeness (QED) is 0.436. The molecule has 3 saturated carbocycles. The molecule has 1 heteroatoms. The minimum atomic E-state index is -0.0794. The molecule has 1 N–H and O–H groups in total. The van der Waals surface area contributed by atoms with Crippen LogP contribution in [0.5, 0.6) is 0 Å². The second-order valence-electron chi connectivity index (χ2n) is 12.9. The Balaban J connectivity index is 1.47. The number of aliphatic hydroxyl groups excluding tert-OH is 1. The van der Waals surface area contributed by atoms with Gasteiger partial charge in [0.25, 0.3) is 0 Å². The van der Waals surface area contributed by atoms with Gasteiger partial charge in [-0.15, -0.1) is 0 Å². The molecule has 0 saturated heterocycles. The van der Waals surface area contributed by atoms with Crippen LogP contribution in [0.1, 0.15) is 112 Å². The Hall–Kier alpha value is -0.300. The first-order chi connectivity index (χ1) is 14.2. The molecular weight excluding hydrogens is 364 g/mol. The van der Waals surface area contributed by atoms with Crippen molar-refractivity contribution in [3.05, 3.63) is 11.6 Å². The average molecular weight is 415 g/mol. The normalized spacial score (nSPS) is 45.3. The van der Waals surface area contributed by atoms with E-state index in [9.17, 15) is 5.11 Å². The van der Waals surface area contributed by atoms with Crippen LogP contribution in [-0.4, -0.2) is 11.2 Å². The molecule has 4 aliphatic rings. The van der Waals surface area contributed by atoms with Gasteiger partial charge in [0.05, 0.1) is 6.10 Å². The van der Waals surface area contributed by atoms with E-state index in [-0.39, 0.29) is 6.10 Å². The Morgan fingerprint density at radius 1 is 1.00 bits per heavy atom. The third-order valence-electron chi connectivity index (χ3n) is 11.3. The van der Waals surface area contributed by atoms with E-state index in [1.165, 1.54) is 57.8 Å². The highest BCUT2D eigenvalue weighted by atomic mass is 16.3. The lowest BCUT2D eigenvalue weighted by Crippen LogP contribution is -2.50. The zero-order valence-electron chi connectivity index (χ0n) is 20.9. The summed E-state index contributed by atoms with van der Waals surface area (Å²) < 4.78 is 0. The molecule has 0 heterocycles. The van der Waals surface area contributed by atoms with Crippen LogP contribution in [0, 0.1) is 52.3 Å². The van der Waals surface area contributed by atoms with Gasteiger partial charge in [-0.3, -0.25) is 0 Å². The molecule has 0 unspecified atom stereocenters. The molecule has 0 aromatic rings. The van der Waals surface area contributed by atoms with Gasteiger partial charge in [-0.05, 0) is 110 Å². The molecule has 4 aliphatic carbocycles. The summed E-state index contributed by atoms with van der Waals surface area (Å²) in [6, 6.07) is 0. The Labute approximate surface area is 187 Å². The highest BCUT2D eigenvalue weighted by molar-refractivity contribution is 5.25. The second-order valence-corrected chi connectivity index (χ2v) is 12.9. The predicted molar refractivity (Wildman–Crippen MR) is 128 cm³/mol. The van der Waals surface area contributed by atoms with Gasteiger partial charge in [0.15, 0.2) is 0 Å². The minimum absolute atomic E-state index is 0.0794. The summed E-state index contributed by atoms with van der Waals surface area (Å²) in [5, 5.41) is 10.2. The van der Waals surface area contributed by atoms with Crippen LogP contribution in [0.25, 0.3) is 0 Å². The Morgan fingerprint density at radius 3 is 2.47 bits per heavy atom. The monoisotopic (exact) mass is 414 g/mol. The van der Waals surface area contributed by atoms with Crippen molar-refractivity contribution in [2.75, 3.05) is 0 Å². The van der Waals surface area contributed by atoms with Crippen molar-refractivity contribution in [3.8, 4) is 0 Å². The van der Waals surface area contributed by atoms with Crippen molar-refractivity contribution in [1.29, 1.82) is 0 Å². The van der Waals surface area contributed by atoms with Gasteiger partial charge >= 0.3 is 0 Å². The Bertz CT molecular complexity index is 634. The molecule has 4 rings (SSSR count). The molecule has 0 aliphatic heterocycles. The zero-order chi connectivity index (χ0) is 21.7. The first-order valence-electron chi connectivity index (χ1n) is 13.6. The summed E-state index contributed by atoms with van der Waals surface area (Å²) in [7, 11) is 0. The molecule has 30 heavy (non-hydrogen) atoms. The van der Waals surface area contributed by atoms with Crippen LogP contribution in [0.2, 0.25) is 0 Å². The highest BCUT2D eigenvalue weighted by Crippen LogP contribution is 2.67.